The number of hydrogen-bond acceptors (Lipinski definition) is 8. The summed E-state index contributed by atoms with van der Waals surface area (Å²) in [6, 6.07) is 0. The van der Waals surface area contributed by atoms with Gasteiger partial charge in [0, 0.05) is 60.0 Å². The van der Waals surface area contributed by atoms with Crippen molar-refractivity contribution in [3.8, 4) is 0 Å². The van der Waals surface area contributed by atoms with Gasteiger partial charge in [0.2, 0.25) is 0 Å². The normalized spacial score (nSPS) is 12.0. The summed E-state index contributed by atoms with van der Waals surface area (Å²) in [7, 11) is 1.71. The van der Waals surface area contributed by atoms with Crippen molar-refractivity contribution in [1.29, 1.82) is 0 Å². The molecule has 0 aromatic carbocycles. The molecule has 0 aromatic heterocycles. The molecule has 0 heterocycles. The zero-order valence-corrected chi connectivity index (χ0v) is 17.6. The van der Waals surface area contributed by atoms with Crippen LogP contribution in [0, 0.1) is 0 Å². The summed E-state index contributed by atoms with van der Waals surface area (Å²) in [6.07, 6.45) is 5.86. The van der Waals surface area contributed by atoms with Gasteiger partial charge in [-0.15, -0.1) is 0 Å². The summed E-state index contributed by atoms with van der Waals surface area (Å²) in [4.78, 5) is 0. The van der Waals surface area contributed by atoms with E-state index in [2.05, 4.69) is 0 Å². The summed E-state index contributed by atoms with van der Waals surface area (Å²) in [5.74, 6) is 0. The maximum Gasteiger partial charge on any atom is 0.138 e. The number of unbranched alkanes of at least 4 members (excludes halogenated alkanes) is 3. The van der Waals surface area contributed by atoms with Gasteiger partial charge in [-0.3, -0.25) is 0 Å². The molecule has 3 N–H and O–H groups in total. The number of rotatable bonds is 23. The van der Waals surface area contributed by atoms with Crippen molar-refractivity contribution in [2.75, 3.05) is 79.8 Å². The van der Waals surface area contributed by atoms with Gasteiger partial charge in [0.1, 0.15) is 5.60 Å². The van der Waals surface area contributed by atoms with Crippen LogP contribution in [0.25, 0.3) is 0 Å². The fourth-order valence-corrected chi connectivity index (χ4v) is 2.52. The van der Waals surface area contributed by atoms with E-state index in [9.17, 15) is 0 Å². The van der Waals surface area contributed by atoms with Crippen LogP contribution in [0.3, 0.4) is 0 Å². The predicted octanol–water partition coefficient (Wildman–Crippen LogP) is 1.15. The lowest BCUT2D eigenvalue weighted by Crippen LogP contribution is -2.48. The smallest absolute Gasteiger partial charge is 0.138 e. The van der Waals surface area contributed by atoms with Gasteiger partial charge in [0.05, 0.1) is 19.8 Å². The average molecular weight is 411 g/mol. The molecular weight excluding hydrogens is 368 g/mol. The van der Waals surface area contributed by atoms with Crippen LogP contribution in [-0.4, -0.2) is 101 Å². The van der Waals surface area contributed by atoms with E-state index in [0.717, 1.165) is 32.3 Å². The van der Waals surface area contributed by atoms with Crippen LogP contribution in [0.2, 0.25) is 0 Å². The summed E-state index contributed by atoms with van der Waals surface area (Å²) >= 11 is 0. The molecule has 0 spiro atoms. The van der Waals surface area contributed by atoms with Crippen LogP contribution in [0.1, 0.15) is 44.9 Å². The third-order valence-corrected chi connectivity index (χ3v) is 4.09. The summed E-state index contributed by atoms with van der Waals surface area (Å²) in [6.45, 7) is 3.75. The highest BCUT2D eigenvalue weighted by Gasteiger charge is 2.32. The second-order valence-corrected chi connectivity index (χ2v) is 6.83. The Bertz CT molecular complexity index is 292. The molecule has 0 saturated heterocycles. The molecule has 8 heteroatoms. The molecule has 0 amide bonds. The van der Waals surface area contributed by atoms with Crippen LogP contribution < -0.4 is 0 Å². The molecule has 0 bridgehead atoms. The molecule has 0 aliphatic carbocycles. The quantitative estimate of drug-likeness (QED) is 0.215. The van der Waals surface area contributed by atoms with E-state index in [-0.39, 0.29) is 33.0 Å². The Kier molecular flexibility index (Phi) is 21.1. The zero-order chi connectivity index (χ0) is 20.8. The van der Waals surface area contributed by atoms with Gasteiger partial charge in [-0.05, 0) is 32.1 Å². The first-order valence-electron chi connectivity index (χ1n) is 10.4. The summed E-state index contributed by atoms with van der Waals surface area (Å²) in [5.41, 5.74) is -0.768. The third kappa shape index (κ3) is 16.6. The van der Waals surface area contributed by atoms with E-state index in [4.69, 9.17) is 39.0 Å². The number of aliphatic hydroxyl groups is 3. The first-order chi connectivity index (χ1) is 13.7. The van der Waals surface area contributed by atoms with Crippen molar-refractivity contribution in [2.45, 2.75) is 50.5 Å². The second-order valence-electron chi connectivity index (χ2n) is 6.83. The molecule has 0 saturated carbocycles. The highest BCUT2D eigenvalue weighted by molar-refractivity contribution is 4.81. The fraction of sp³-hybridized carbons (Fsp3) is 1.00. The van der Waals surface area contributed by atoms with E-state index in [0.29, 0.717) is 52.3 Å². The van der Waals surface area contributed by atoms with Crippen molar-refractivity contribution in [3.63, 3.8) is 0 Å². The Morgan fingerprint density at radius 2 is 0.964 bits per heavy atom. The predicted molar refractivity (Wildman–Crippen MR) is 107 cm³/mol. The van der Waals surface area contributed by atoms with Crippen molar-refractivity contribution >= 4 is 0 Å². The lowest BCUT2D eigenvalue weighted by molar-refractivity contribution is -0.168. The Morgan fingerprint density at radius 3 is 1.43 bits per heavy atom. The molecule has 0 aliphatic rings. The lowest BCUT2D eigenvalue weighted by Gasteiger charge is -2.33. The van der Waals surface area contributed by atoms with E-state index in [1.54, 1.807) is 7.11 Å². The lowest BCUT2D eigenvalue weighted by atomic mass is 10.1. The van der Waals surface area contributed by atoms with Gasteiger partial charge in [-0.25, -0.2) is 0 Å². The second kappa shape index (κ2) is 21.4. The van der Waals surface area contributed by atoms with Crippen LogP contribution >= 0.6 is 0 Å². The first-order valence-corrected chi connectivity index (χ1v) is 10.4. The molecule has 0 radical (unpaired) electrons. The van der Waals surface area contributed by atoms with Gasteiger partial charge >= 0.3 is 0 Å². The molecular formula is C20H42O8. The van der Waals surface area contributed by atoms with Gasteiger partial charge < -0.3 is 39.0 Å². The maximum atomic E-state index is 9.05. The van der Waals surface area contributed by atoms with Crippen LogP contribution in [0.5, 0.6) is 0 Å². The summed E-state index contributed by atoms with van der Waals surface area (Å²) in [5, 5.41) is 26.9. The van der Waals surface area contributed by atoms with Gasteiger partial charge in [0.15, 0.2) is 0 Å². The molecule has 8 nitrogen and oxygen atoms in total. The number of methoxy groups -OCH3 is 1. The van der Waals surface area contributed by atoms with Crippen molar-refractivity contribution in [1.82, 2.24) is 0 Å². The van der Waals surface area contributed by atoms with E-state index in [1.807, 2.05) is 0 Å². The Labute approximate surface area is 170 Å². The van der Waals surface area contributed by atoms with E-state index >= 15 is 0 Å². The molecule has 0 atom stereocenters. The van der Waals surface area contributed by atoms with Crippen molar-refractivity contribution < 1.29 is 39.0 Å². The standard InChI is InChI=1S/C20H42O8/c1-24-12-4-2-3-5-13-25-17-20(28-16-8-11-23,18-26-14-6-9-21)19-27-15-7-10-22/h21-23H,2-19H2,1H3. The first kappa shape index (κ1) is 27.7. The van der Waals surface area contributed by atoms with Crippen LogP contribution in [0.4, 0.5) is 0 Å². The molecule has 170 valence electrons. The zero-order valence-electron chi connectivity index (χ0n) is 17.6. The minimum Gasteiger partial charge on any atom is -0.396 e. The topological polar surface area (TPSA) is 107 Å². The Balaban J connectivity index is 4.48. The van der Waals surface area contributed by atoms with Crippen LogP contribution in [-0.2, 0) is 23.7 Å². The third-order valence-electron chi connectivity index (χ3n) is 4.09. The van der Waals surface area contributed by atoms with Crippen molar-refractivity contribution in [3.05, 3.63) is 0 Å². The molecule has 0 fully saturated rings. The molecule has 0 unspecified atom stereocenters. The number of hydrogen-bond donors (Lipinski definition) is 3. The number of ether oxygens (including phenoxy) is 5. The molecule has 28 heavy (non-hydrogen) atoms. The molecule has 0 rings (SSSR count). The Hall–Kier alpha value is -0.320. The Morgan fingerprint density at radius 1 is 0.536 bits per heavy atom. The SMILES string of the molecule is COCCCCCCOCC(COCCCO)(COCCCO)OCCCO. The monoisotopic (exact) mass is 410 g/mol. The van der Waals surface area contributed by atoms with Crippen LogP contribution in [0.15, 0.2) is 0 Å². The van der Waals surface area contributed by atoms with Gasteiger partial charge in [0.25, 0.3) is 0 Å². The van der Waals surface area contributed by atoms with E-state index in [1.165, 1.54) is 0 Å². The molecule has 0 aromatic rings. The van der Waals surface area contributed by atoms with Crippen molar-refractivity contribution in [2.24, 2.45) is 0 Å². The minimum absolute atomic E-state index is 0.0507. The minimum atomic E-state index is -0.768. The highest BCUT2D eigenvalue weighted by atomic mass is 16.6. The van der Waals surface area contributed by atoms with E-state index < -0.39 is 5.60 Å². The van der Waals surface area contributed by atoms with Gasteiger partial charge in [-0.1, -0.05) is 12.8 Å². The fourth-order valence-electron chi connectivity index (χ4n) is 2.52. The summed E-state index contributed by atoms with van der Waals surface area (Å²) < 4.78 is 28.3. The van der Waals surface area contributed by atoms with Gasteiger partial charge in [-0.2, -0.15) is 0 Å². The average Bonchev–Trinajstić information content (AvgIpc) is 2.71. The molecule has 0 aliphatic heterocycles. The highest BCUT2D eigenvalue weighted by Crippen LogP contribution is 2.16. The maximum absolute atomic E-state index is 9.05. The largest absolute Gasteiger partial charge is 0.396 e. The number of aliphatic hydroxyl groups excluding tert-OH is 3.